The molecule has 2 heterocycles. The van der Waals surface area contributed by atoms with Crippen LogP contribution < -0.4 is 15.5 Å². The molecular weight excluding hydrogens is 328 g/mol. The number of carbonyl (C=O) groups excluding carboxylic acids is 2. The van der Waals surface area contributed by atoms with Gasteiger partial charge < -0.3 is 15.5 Å². The molecule has 0 spiro atoms. The molecule has 1 aromatic carbocycles. The maximum atomic E-state index is 12.2. The maximum Gasteiger partial charge on any atom is 0.242 e. The SMILES string of the molecule is Cc1cccc(N2CCN(CCC(=O)N[C@H]3CCCCNC3=O)CC2)c1. The van der Waals surface area contributed by atoms with Crippen LogP contribution in [-0.4, -0.2) is 62.0 Å². The third kappa shape index (κ3) is 5.21. The average Bonchev–Trinajstić information content (AvgIpc) is 2.85. The van der Waals surface area contributed by atoms with Gasteiger partial charge in [-0.15, -0.1) is 0 Å². The molecule has 6 heteroatoms. The second-order valence-electron chi connectivity index (χ2n) is 7.32. The zero-order valence-electron chi connectivity index (χ0n) is 15.7. The van der Waals surface area contributed by atoms with Crippen molar-refractivity contribution >= 4 is 17.5 Å². The van der Waals surface area contributed by atoms with E-state index in [-0.39, 0.29) is 17.9 Å². The molecule has 142 valence electrons. The summed E-state index contributed by atoms with van der Waals surface area (Å²) >= 11 is 0. The van der Waals surface area contributed by atoms with Gasteiger partial charge >= 0.3 is 0 Å². The molecule has 0 saturated carbocycles. The monoisotopic (exact) mass is 358 g/mol. The Kier molecular flexibility index (Phi) is 6.50. The molecule has 1 aromatic rings. The Hall–Kier alpha value is -2.08. The first-order valence-corrected chi connectivity index (χ1v) is 9.73. The predicted octanol–water partition coefficient (Wildman–Crippen LogP) is 1.29. The van der Waals surface area contributed by atoms with Gasteiger partial charge in [-0.3, -0.25) is 14.5 Å². The minimum absolute atomic E-state index is 0.0202. The van der Waals surface area contributed by atoms with Crippen molar-refractivity contribution in [3.05, 3.63) is 29.8 Å². The van der Waals surface area contributed by atoms with E-state index < -0.39 is 0 Å². The lowest BCUT2D eigenvalue weighted by molar-refractivity contribution is -0.129. The third-order valence-electron chi connectivity index (χ3n) is 5.26. The fraction of sp³-hybridized carbons (Fsp3) is 0.600. The third-order valence-corrected chi connectivity index (χ3v) is 5.26. The molecule has 2 amide bonds. The number of hydrogen-bond donors (Lipinski definition) is 2. The van der Waals surface area contributed by atoms with Crippen LogP contribution in [0.2, 0.25) is 0 Å². The molecule has 0 radical (unpaired) electrons. The predicted molar refractivity (Wildman–Crippen MR) is 103 cm³/mol. The highest BCUT2D eigenvalue weighted by molar-refractivity contribution is 5.87. The summed E-state index contributed by atoms with van der Waals surface area (Å²) in [6.07, 6.45) is 3.16. The van der Waals surface area contributed by atoms with E-state index in [1.54, 1.807) is 0 Å². The Labute approximate surface area is 155 Å². The number of aryl methyl sites for hydroxylation is 1. The Morgan fingerprint density at radius 1 is 1.23 bits per heavy atom. The fourth-order valence-corrected chi connectivity index (χ4v) is 3.66. The first kappa shape index (κ1) is 18.7. The van der Waals surface area contributed by atoms with Gasteiger partial charge in [-0.05, 0) is 43.9 Å². The van der Waals surface area contributed by atoms with Crippen LogP contribution in [0.5, 0.6) is 0 Å². The summed E-state index contributed by atoms with van der Waals surface area (Å²) in [4.78, 5) is 28.9. The first-order chi connectivity index (χ1) is 12.6. The second-order valence-corrected chi connectivity index (χ2v) is 7.32. The van der Waals surface area contributed by atoms with Crippen LogP contribution in [0.3, 0.4) is 0 Å². The molecule has 0 aromatic heterocycles. The summed E-state index contributed by atoms with van der Waals surface area (Å²) < 4.78 is 0. The van der Waals surface area contributed by atoms with Gasteiger partial charge in [0.25, 0.3) is 0 Å². The van der Waals surface area contributed by atoms with Gasteiger partial charge in [-0.25, -0.2) is 0 Å². The molecule has 2 N–H and O–H groups in total. The summed E-state index contributed by atoms with van der Waals surface area (Å²) in [5.41, 5.74) is 2.56. The molecule has 2 aliphatic heterocycles. The summed E-state index contributed by atoms with van der Waals surface area (Å²) in [5.74, 6) is -0.0595. The topological polar surface area (TPSA) is 64.7 Å². The van der Waals surface area contributed by atoms with Crippen LogP contribution in [0, 0.1) is 6.92 Å². The summed E-state index contributed by atoms with van der Waals surface area (Å²) in [7, 11) is 0. The number of amides is 2. The van der Waals surface area contributed by atoms with Crippen LogP contribution in [-0.2, 0) is 9.59 Å². The van der Waals surface area contributed by atoms with Crippen molar-refractivity contribution in [3.63, 3.8) is 0 Å². The standard InChI is InChI=1S/C20H30N4O2/c1-16-5-4-6-17(15-16)24-13-11-23(12-14-24)10-8-19(25)22-18-7-2-3-9-21-20(18)26/h4-6,15,18H,2-3,7-14H2,1H3,(H,21,26)(H,22,25)/t18-/m0/s1. The highest BCUT2D eigenvalue weighted by Crippen LogP contribution is 2.17. The minimum atomic E-state index is -0.358. The van der Waals surface area contributed by atoms with Crippen molar-refractivity contribution in [3.8, 4) is 0 Å². The van der Waals surface area contributed by atoms with Crippen molar-refractivity contribution in [2.45, 2.75) is 38.6 Å². The Balaban J connectivity index is 1.39. The van der Waals surface area contributed by atoms with Gasteiger partial charge in [-0.2, -0.15) is 0 Å². The van der Waals surface area contributed by atoms with Gasteiger partial charge in [0, 0.05) is 51.4 Å². The summed E-state index contributed by atoms with van der Waals surface area (Å²) in [5, 5.41) is 5.76. The van der Waals surface area contributed by atoms with Crippen molar-refractivity contribution in [2.24, 2.45) is 0 Å². The normalized spacial score (nSPS) is 21.8. The van der Waals surface area contributed by atoms with Crippen LogP contribution in [0.1, 0.15) is 31.2 Å². The van der Waals surface area contributed by atoms with Crippen molar-refractivity contribution in [1.82, 2.24) is 15.5 Å². The minimum Gasteiger partial charge on any atom is -0.369 e. The number of benzene rings is 1. The fourth-order valence-electron chi connectivity index (χ4n) is 3.66. The largest absolute Gasteiger partial charge is 0.369 e. The molecule has 0 bridgehead atoms. The first-order valence-electron chi connectivity index (χ1n) is 9.73. The number of rotatable bonds is 5. The molecule has 2 aliphatic rings. The van der Waals surface area contributed by atoms with Crippen LogP contribution in [0.15, 0.2) is 24.3 Å². The van der Waals surface area contributed by atoms with Gasteiger partial charge in [0.1, 0.15) is 6.04 Å². The number of hydrogen-bond acceptors (Lipinski definition) is 4. The Morgan fingerprint density at radius 2 is 2.04 bits per heavy atom. The second kappa shape index (κ2) is 9.03. The number of carbonyl (C=O) groups is 2. The molecule has 2 saturated heterocycles. The van der Waals surface area contributed by atoms with E-state index >= 15 is 0 Å². The van der Waals surface area contributed by atoms with Gasteiger partial charge in [0.15, 0.2) is 0 Å². The van der Waals surface area contributed by atoms with Gasteiger partial charge in [0.05, 0.1) is 0 Å². The Morgan fingerprint density at radius 3 is 2.81 bits per heavy atom. The highest BCUT2D eigenvalue weighted by atomic mass is 16.2. The number of anilines is 1. The van der Waals surface area contributed by atoms with Crippen molar-refractivity contribution < 1.29 is 9.59 Å². The van der Waals surface area contributed by atoms with Crippen molar-refractivity contribution in [2.75, 3.05) is 44.2 Å². The van der Waals surface area contributed by atoms with Crippen LogP contribution in [0.25, 0.3) is 0 Å². The van der Waals surface area contributed by atoms with Crippen molar-refractivity contribution in [1.29, 1.82) is 0 Å². The maximum absolute atomic E-state index is 12.2. The van der Waals surface area contributed by atoms with E-state index in [0.717, 1.165) is 58.5 Å². The number of nitrogens with one attached hydrogen (secondary N) is 2. The van der Waals surface area contributed by atoms with Crippen LogP contribution >= 0.6 is 0 Å². The molecule has 2 fully saturated rings. The van der Waals surface area contributed by atoms with E-state index in [0.29, 0.717) is 6.42 Å². The smallest absolute Gasteiger partial charge is 0.242 e. The van der Waals surface area contributed by atoms with E-state index in [1.807, 2.05) is 0 Å². The molecule has 0 aliphatic carbocycles. The molecule has 0 unspecified atom stereocenters. The number of nitrogens with zero attached hydrogens (tertiary/aromatic N) is 2. The van der Waals surface area contributed by atoms with Gasteiger partial charge in [-0.1, -0.05) is 12.1 Å². The zero-order valence-corrected chi connectivity index (χ0v) is 15.7. The molecule has 3 rings (SSSR count). The van der Waals surface area contributed by atoms with E-state index in [1.165, 1.54) is 11.3 Å². The molecule has 1 atom stereocenters. The lowest BCUT2D eigenvalue weighted by atomic mass is 10.1. The lowest BCUT2D eigenvalue weighted by Crippen LogP contribution is -2.49. The molecule has 26 heavy (non-hydrogen) atoms. The molecular formula is C20H30N4O2. The molecule has 6 nitrogen and oxygen atoms in total. The lowest BCUT2D eigenvalue weighted by Gasteiger charge is -2.36. The van der Waals surface area contributed by atoms with E-state index in [9.17, 15) is 9.59 Å². The zero-order chi connectivity index (χ0) is 18.4. The highest BCUT2D eigenvalue weighted by Gasteiger charge is 2.23. The number of piperazine rings is 1. The van der Waals surface area contributed by atoms with E-state index in [2.05, 4.69) is 51.6 Å². The van der Waals surface area contributed by atoms with E-state index in [4.69, 9.17) is 0 Å². The summed E-state index contributed by atoms with van der Waals surface area (Å²) in [6.45, 7) is 7.48. The van der Waals surface area contributed by atoms with Crippen LogP contribution in [0.4, 0.5) is 5.69 Å². The van der Waals surface area contributed by atoms with Gasteiger partial charge in [0.2, 0.25) is 11.8 Å². The Bertz CT molecular complexity index is 626. The average molecular weight is 358 g/mol. The quantitative estimate of drug-likeness (QED) is 0.833. The summed E-state index contributed by atoms with van der Waals surface area (Å²) in [6, 6.07) is 8.25.